The minimum Gasteiger partial charge on any atom is -0.494 e. The van der Waals surface area contributed by atoms with E-state index in [0.717, 1.165) is 44.3 Å². The van der Waals surface area contributed by atoms with E-state index in [0.29, 0.717) is 18.8 Å². The Bertz CT molecular complexity index is 1140. The van der Waals surface area contributed by atoms with Crippen LogP contribution in [0.4, 0.5) is 11.5 Å². The molecule has 0 atom stereocenters. The first-order valence-electron chi connectivity index (χ1n) is 11.7. The van der Waals surface area contributed by atoms with Crippen molar-refractivity contribution in [2.24, 2.45) is 0 Å². The molecule has 0 amide bonds. The maximum absolute atomic E-state index is 13.2. The average molecular weight is 481 g/mol. The zero-order valence-electron chi connectivity index (χ0n) is 19.8. The number of sulfonamides is 1. The van der Waals surface area contributed by atoms with Crippen molar-refractivity contribution in [2.45, 2.75) is 25.3 Å². The van der Waals surface area contributed by atoms with Crippen LogP contribution in [-0.2, 0) is 16.6 Å². The van der Waals surface area contributed by atoms with Crippen molar-refractivity contribution in [3.63, 3.8) is 0 Å². The Hall–Kier alpha value is -3.10. The number of ether oxygens (including phenoxy) is 1. The predicted molar refractivity (Wildman–Crippen MR) is 136 cm³/mol. The summed E-state index contributed by atoms with van der Waals surface area (Å²) in [6, 6.07) is 20.9. The summed E-state index contributed by atoms with van der Waals surface area (Å²) in [5, 5.41) is 0. The van der Waals surface area contributed by atoms with Crippen molar-refractivity contribution in [3.05, 3.63) is 78.5 Å². The number of benzene rings is 2. The molecule has 1 aliphatic rings. The molecule has 0 bridgehead atoms. The van der Waals surface area contributed by atoms with Crippen LogP contribution in [0.25, 0.3) is 0 Å². The highest BCUT2D eigenvalue weighted by Gasteiger charge is 2.25. The van der Waals surface area contributed by atoms with Crippen molar-refractivity contribution >= 4 is 21.5 Å². The van der Waals surface area contributed by atoms with E-state index in [1.54, 1.807) is 18.2 Å². The molecule has 0 radical (unpaired) electrons. The normalized spacial score (nSPS) is 14.7. The Morgan fingerprint density at radius 3 is 2.21 bits per heavy atom. The van der Waals surface area contributed by atoms with Crippen molar-refractivity contribution in [2.75, 3.05) is 48.5 Å². The molecule has 1 saturated heterocycles. The maximum Gasteiger partial charge on any atom is 0.265 e. The summed E-state index contributed by atoms with van der Waals surface area (Å²) in [6.07, 6.45) is 1.47. The van der Waals surface area contributed by atoms with Crippen molar-refractivity contribution in [1.29, 1.82) is 0 Å². The molecule has 0 saturated carbocycles. The lowest BCUT2D eigenvalue weighted by atomic mass is 10.2. The Morgan fingerprint density at radius 2 is 1.62 bits per heavy atom. The van der Waals surface area contributed by atoms with Crippen molar-refractivity contribution in [1.82, 2.24) is 9.88 Å². The van der Waals surface area contributed by atoms with Gasteiger partial charge in [0.2, 0.25) is 0 Å². The van der Waals surface area contributed by atoms with E-state index in [1.165, 1.54) is 16.1 Å². The standard InChI is InChI=1S/C26H32N4O3S/c1-3-30(23-8-6-5-7-9-23)34(31,32)25-14-15-26(27-20-25)29-18-16-28(17-19-29)21-22-10-12-24(13-11-22)33-4-2/h5-15,20H,3-4,16-19,21H2,1-2H3. The molecule has 0 unspecified atom stereocenters. The summed E-state index contributed by atoms with van der Waals surface area (Å²) in [6.45, 7) is 9.29. The van der Waals surface area contributed by atoms with Gasteiger partial charge in [-0.3, -0.25) is 9.21 Å². The highest BCUT2D eigenvalue weighted by atomic mass is 32.2. The van der Waals surface area contributed by atoms with Crippen LogP contribution in [0.5, 0.6) is 5.75 Å². The minimum absolute atomic E-state index is 0.205. The lowest BCUT2D eigenvalue weighted by Crippen LogP contribution is -2.46. The molecule has 0 aliphatic carbocycles. The van der Waals surface area contributed by atoms with Crippen LogP contribution in [0, 0.1) is 0 Å². The van der Waals surface area contributed by atoms with Crippen LogP contribution >= 0.6 is 0 Å². The van der Waals surface area contributed by atoms with Crippen LogP contribution in [0.3, 0.4) is 0 Å². The van der Waals surface area contributed by atoms with E-state index < -0.39 is 10.0 Å². The third kappa shape index (κ3) is 5.51. The molecule has 4 rings (SSSR count). The smallest absolute Gasteiger partial charge is 0.265 e. The Labute approximate surface area is 202 Å². The number of anilines is 2. The Kier molecular flexibility index (Phi) is 7.70. The molecule has 1 aromatic heterocycles. The molecule has 2 heterocycles. The van der Waals surface area contributed by atoms with Gasteiger partial charge in [-0.2, -0.15) is 0 Å². The predicted octanol–water partition coefficient (Wildman–Crippen LogP) is 4.02. The maximum atomic E-state index is 13.2. The number of rotatable bonds is 9. The van der Waals surface area contributed by atoms with Gasteiger partial charge in [0.1, 0.15) is 16.5 Å². The van der Waals surface area contributed by atoms with Gasteiger partial charge in [0.15, 0.2) is 0 Å². The molecule has 34 heavy (non-hydrogen) atoms. The van der Waals surface area contributed by atoms with Crippen LogP contribution in [0.15, 0.2) is 77.8 Å². The molecule has 180 valence electrons. The average Bonchev–Trinajstić information content (AvgIpc) is 2.87. The first kappa shape index (κ1) is 24.0. The van der Waals surface area contributed by atoms with E-state index in [2.05, 4.69) is 26.9 Å². The van der Waals surface area contributed by atoms with Crippen LogP contribution in [-0.4, -0.2) is 57.6 Å². The first-order valence-corrected chi connectivity index (χ1v) is 13.2. The fourth-order valence-corrected chi connectivity index (χ4v) is 5.60. The molecule has 7 nitrogen and oxygen atoms in total. The fourth-order valence-electron chi connectivity index (χ4n) is 4.18. The number of hydrogen-bond acceptors (Lipinski definition) is 6. The van der Waals surface area contributed by atoms with Gasteiger partial charge in [0.05, 0.1) is 12.3 Å². The number of para-hydroxylation sites is 1. The molecule has 1 aliphatic heterocycles. The van der Waals surface area contributed by atoms with Crippen LogP contribution < -0.4 is 13.9 Å². The molecular weight excluding hydrogens is 448 g/mol. The zero-order chi connectivity index (χ0) is 24.0. The number of nitrogens with zero attached hydrogens (tertiary/aromatic N) is 4. The minimum atomic E-state index is -3.67. The van der Waals surface area contributed by atoms with E-state index in [1.807, 2.05) is 50.2 Å². The third-order valence-corrected chi connectivity index (χ3v) is 7.86. The van der Waals surface area contributed by atoms with Gasteiger partial charge in [0, 0.05) is 45.5 Å². The van der Waals surface area contributed by atoms with Gasteiger partial charge >= 0.3 is 0 Å². The highest BCUT2D eigenvalue weighted by Crippen LogP contribution is 2.24. The zero-order valence-corrected chi connectivity index (χ0v) is 20.6. The molecule has 2 aromatic carbocycles. The lowest BCUT2D eigenvalue weighted by Gasteiger charge is -2.35. The monoisotopic (exact) mass is 480 g/mol. The van der Waals surface area contributed by atoms with Crippen molar-refractivity contribution < 1.29 is 13.2 Å². The number of hydrogen-bond donors (Lipinski definition) is 0. The summed E-state index contributed by atoms with van der Waals surface area (Å²) < 4.78 is 33.3. The van der Waals surface area contributed by atoms with Gasteiger partial charge < -0.3 is 9.64 Å². The van der Waals surface area contributed by atoms with E-state index in [9.17, 15) is 8.42 Å². The molecule has 3 aromatic rings. The summed E-state index contributed by atoms with van der Waals surface area (Å²) in [5.41, 5.74) is 1.92. The van der Waals surface area contributed by atoms with Gasteiger partial charge in [0.25, 0.3) is 10.0 Å². The van der Waals surface area contributed by atoms with Crippen LogP contribution in [0.2, 0.25) is 0 Å². The SMILES string of the molecule is CCOc1ccc(CN2CCN(c3ccc(S(=O)(=O)N(CC)c4ccccc4)cn3)CC2)cc1. The largest absolute Gasteiger partial charge is 0.494 e. The van der Waals surface area contributed by atoms with Gasteiger partial charge in [-0.25, -0.2) is 13.4 Å². The second-order valence-electron chi connectivity index (χ2n) is 8.20. The van der Waals surface area contributed by atoms with Crippen LogP contribution in [0.1, 0.15) is 19.4 Å². The molecule has 0 N–H and O–H groups in total. The molecule has 8 heteroatoms. The molecule has 1 fully saturated rings. The van der Waals surface area contributed by atoms with E-state index >= 15 is 0 Å². The number of pyridine rings is 1. The lowest BCUT2D eigenvalue weighted by molar-refractivity contribution is 0.249. The van der Waals surface area contributed by atoms with Gasteiger partial charge in [-0.15, -0.1) is 0 Å². The topological polar surface area (TPSA) is 66.0 Å². The molecular formula is C26H32N4O3S. The molecule has 0 spiro atoms. The summed E-state index contributed by atoms with van der Waals surface area (Å²) in [4.78, 5) is 9.34. The summed E-state index contributed by atoms with van der Waals surface area (Å²) in [7, 11) is -3.67. The van der Waals surface area contributed by atoms with Crippen molar-refractivity contribution in [3.8, 4) is 5.75 Å². The number of aromatic nitrogens is 1. The highest BCUT2D eigenvalue weighted by molar-refractivity contribution is 7.92. The van der Waals surface area contributed by atoms with E-state index in [-0.39, 0.29) is 4.90 Å². The van der Waals surface area contributed by atoms with Gasteiger partial charge in [-0.1, -0.05) is 30.3 Å². The Balaban J connectivity index is 1.36. The summed E-state index contributed by atoms with van der Waals surface area (Å²) in [5.74, 6) is 1.71. The first-order chi connectivity index (χ1) is 16.5. The quantitative estimate of drug-likeness (QED) is 0.461. The third-order valence-electron chi connectivity index (χ3n) is 5.98. The number of piperazine rings is 1. The fraction of sp³-hybridized carbons (Fsp3) is 0.346. The second kappa shape index (κ2) is 10.9. The Morgan fingerprint density at radius 1 is 0.912 bits per heavy atom. The van der Waals surface area contributed by atoms with Gasteiger partial charge in [-0.05, 0) is 55.8 Å². The summed E-state index contributed by atoms with van der Waals surface area (Å²) >= 11 is 0. The van der Waals surface area contributed by atoms with E-state index in [4.69, 9.17) is 4.74 Å². The second-order valence-corrected chi connectivity index (χ2v) is 10.1.